The van der Waals surface area contributed by atoms with Crippen LogP contribution in [0, 0.1) is 11.6 Å². The highest BCUT2D eigenvalue weighted by Crippen LogP contribution is 2.29. The molecule has 1 amide bonds. The summed E-state index contributed by atoms with van der Waals surface area (Å²) in [6, 6.07) is 9.36. The molecule has 10 heteroatoms. The van der Waals surface area contributed by atoms with Gasteiger partial charge in [0.2, 0.25) is 15.8 Å². The molecular formula is C22H26F2N2O5S. The number of hydrogen-bond donors (Lipinski definition) is 2. The van der Waals surface area contributed by atoms with Crippen LogP contribution in [0.25, 0.3) is 0 Å². The zero-order valence-electron chi connectivity index (χ0n) is 18.1. The number of amides is 1. The normalized spacial score (nSPS) is 17.1. The summed E-state index contributed by atoms with van der Waals surface area (Å²) in [7, 11) is -4.31. The van der Waals surface area contributed by atoms with Gasteiger partial charge >= 0.3 is 6.09 Å². The van der Waals surface area contributed by atoms with Gasteiger partial charge in [-0.15, -0.1) is 0 Å². The van der Waals surface area contributed by atoms with Crippen LogP contribution in [0.15, 0.2) is 47.4 Å². The Kier molecular flexibility index (Phi) is 6.60. The van der Waals surface area contributed by atoms with Crippen LogP contribution in [0.4, 0.5) is 19.3 Å². The van der Waals surface area contributed by atoms with E-state index in [4.69, 9.17) is 4.74 Å². The first-order valence-electron chi connectivity index (χ1n) is 10.1. The van der Waals surface area contributed by atoms with Crippen molar-refractivity contribution in [3.63, 3.8) is 0 Å². The zero-order chi connectivity index (χ0) is 23.7. The molecule has 2 aromatic carbocycles. The van der Waals surface area contributed by atoms with Crippen molar-refractivity contribution >= 4 is 21.8 Å². The highest BCUT2D eigenvalue weighted by Gasteiger charge is 2.40. The number of nitrogens with zero attached hydrogens (tertiary/aromatic N) is 1. The van der Waals surface area contributed by atoms with Crippen LogP contribution in [0.1, 0.15) is 39.2 Å². The van der Waals surface area contributed by atoms with Gasteiger partial charge in [-0.3, -0.25) is 5.32 Å². The summed E-state index contributed by atoms with van der Waals surface area (Å²) in [6.45, 7) is 5.72. The van der Waals surface area contributed by atoms with Crippen molar-refractivity contribution in [2.24, 2.45) is 0 Å². The third-order valence-electron chi connectivity index (χ3n) is 5.29. The molecular weight excluding hydrogens is 442 g/mol. The molecule has 0 atom stereocenters. The Morgan fingerprint density at radius 3 is 2.25 bits per heavy atom. The second-order valence-electron chi connectivity index (χ2n) is 8.77. The molecule has 0 aliphatic carbocycles. The Balaban J connectivity index is 1.61. The second kappa shape index (κ2) is 8.76. The third kappa shape index (κ3) is 5.43. The van der Waals surface area contributed by atoms with Crippen LogP contribution < -0.4 is 5.32 Å². The van der Waals surface area contributed by atoms with E-state index in [1.165, 1.54) is 0 Å². The molecule has 0 spiro atoms. The first-order chi connectivity index (χ1) is 14.8. The standard InChI is InChI=1S/C22H26F2N2O5S/c1-21(2,3)15-4-7-17(8-5-15)25-20(27)31-22(28)10-12-26(13-11-22)32(29,30)19-14-16(23)6-9-18(19)24/h4-9,14,28H,10-13H2,1-3H3,(H,25,27). The van der Waals surface area contributed by atoms with E-state index >= 15 is 0 Å². The van der Waals surface area contributed by atoms with Gasteiger partial charge in [0.1, 0.15) is 16.5 Å². The Bertz CT molecular complexity index is 1090. The van der Waals surface area contributed by atoms with E-state index in [1.54, 1.807) is 12.1 Å². The number of ether oxygens (including phenoxy) is 1. The number of hydrogen-bond acceptors (Lipinski definition) is 5. The smallest absolute Gasteiger partial charge is 0.414 e. The lowest BCUT2D eigenvalue weighted by molar-refractivity contribution is -0.180. The molecule has 0 unspecified atom stereocenters. The van der Waals surface area contributed by atoms with E-state index in [0.717, 1.165) is 22.0 Å². The van der Waals surface area contributed by atoms with Crippen molar-refractivity contribution in [1.29, 1.82) is 0 Å². The molecule has 7 nitrogen and oxygen atoms in total. The van der Waals surface area contributed by atoms with Gasteiger partial charge in [-0.25, -0.2) is 22.0 Å². The number of sulfonamides is 1. The molecule has 3 rings (SSSR count). The van der Waals surface area contributed by atoms with Gasteiger partial charge in [0.25, 0.3) is 0 Å². The lowest BCUT2D eigenvalue weighted by atomic mass is 9.87. The van der Waals surface area contributed by atoms with Crippen LogP contribution in [0.3, 0.4) is 0 Å². The molecule has 0 aromatic heterocycles. The molecule has 1 fully saturated rings. The summed E-state index contributed by atoms with van der Waals surface area (Å²) in [5.74, 6) is -3.84. The van der Waals surface area contributed by atoms with Gasteiger partial charge in [0.05, 0.1) is 0 Å². The van der Waals surface area contributed by atoms with Crippen LogP contribution in [0.2, 0.25) is 0 Å². The van der Waals surface area contributed by atoms with Crippen molar-refractivity contribution in [3.8, 4) is 0 Å². The molecule has 32 heavy (non-hydrogen) atoms. The SMILES string of the molecule is CC(C)(C)c1ccc(NC(=O)OC2(O)CCN(S(=O)(=O)c3cc(F)ccc3F)CC2)cc1. The molecule has 1 saturated heterocycles. The number of nitrogens with one attached hydrogen (secondary N) is 1. The summed E-state index contributed by atoms with van der Waals surface area (Å²) >= 11 is 0. The average molecular weight is 469 g/mol. The maximum Gasteiger partial charge on any atom is 0.414 e. The average Bonchev–Trinajstić information content (AvgIpc) is 2.69. The molecule has 0 bridgehead atoms. The van der Waals surface area contributed by atoms with E-state index in [2.05, 4.69) is 26.1 Å². The fraction of sp³-hybridized carbons (Fsp3) is 0.409. The Morgan fingerprint density at radius 2 is 1.69 bits per heavy atom. The van der Waals surface area contributed by atoms with Crippen molar-refractivity contribution < 1.29 is 31.8 Å². The predicted molar refractivity (Wildman–Crippen MR) is 115 cm³/mol. The van der Waals surface area contributed by atoms with Crippen molar-refractivity contribution in [2.45, 2.75) is 49.7 Å². The summed E-state index contributed by atoms with van der Waals surface area (Å²) in [6.07, 6.45) is -1.33. The fourth-order valence-electron chi connectivity index (χ4n) is 3.36. The van der Waals surface area contributed by atoms with Crippen LogP contribution in [0.5, 0.6) is 0 Å². The van der Waals surface area contributed by atoms with Gasteiger partial charge in [0, 0.05) is 31.6 Å². The van der Waals surface area contributed by atoms with Gasteiger partial charge < -0.3 is 9.84 Å². The first-order valence-corrected chi connectivity index (χ1v) is 11.5. The van der Waals surface area contributed by atoms with Crippen LogP contribution >= 0.6 is 0 Å². The molecule has 174 valence electrons. The van der Waals surface area contributed by atoms with Crippen molar-refractivity contribution in [2.75, 3.05) is 18.4 Å². The maximum absolute atomic E-state index is 13.9. The van der Waals surface area contributed by atoms with E-state index in [9.17, 15) is 27.1 Å². The van der Waals surface area contributed by atoms with E-state index in [0.29, 0.717) is 11.8 Å². The molecule has 1 heterocycles. The predicted octanol–water partition coefficient (Wildman–Crippen LogP) is 3.98. The number of aliphatic hydroxyl groups is 1. The van der Waals surface area contributed by atoms with Gasteiger partial charge in [-0.2, -0.15) is 4.31 Å². The number of anilines is 1. The quantitative estimate of drug-likeness (QED) is 0.662. The number of rotatable bonds is 4. The summed E-state index contributed by atoms with van der Waals surface area (Å²) in [5, 5.41) is 13.1. The molecule has 1 aliphatic heterocycles. The van der Waals surface area contributed by atoms with E-state index in [-0.39, 0.29) is 31.3 Å². The van der Waals surface area contributed by atoms with E-state index in [1.807, 2.05) is 12.1 Å². The number of carbonyl (C=O) groups excluding carboxylic acids is 1. The minimum atomic E-state index is -4.31. The molecule has 2 N–H and O–H groups in total. The number of piperidine rings is 1. The first kappa shape index (κ1) is 24.1. The maximum atomic E-state index is 13.9. The highest BCUT2D eigenvalue weighted by molar-refractivity contribution is 7.89. The van der Waals surface area contributed by atoms with Gasteiger partial charge in [-0.1, -0.05) is 32.9 Å². The minimum Gasteiger partial charge on any atom is -0.417 e. The fourth-order valence-corrected chi connectivity index (χ4v) is 4.88. The topological polar surface area (TPSA) is 95.9 Å². The molecule has 1 aliphatic rings. The lowest BCUT2D eigenvalue weighted by Crippen LogP contribution is -2.49. The van der Waals surface area contributed by atoms with Crippen molar-refractivity contribution in [3.05, 3.63) is 59.7 Å². The van der Waals surface area contributed by atoms with Crippen LogP contribution in [-0.4, -0.2) is 42.8 Å². The highest BCUT2D eigenvalue weighted by atomic mass is 32.2. The molecule has 2 aromatic rings. The monoisotopic (exact) mass is 468 g/mol. The number of halogens is 2. The summed E-state index contributed by atoms with van der Waals surface area (Å²) in [4.78, 5) is 11.5. The number of benzene rings is 2. The Labute approximate surface area is 186 Å². The number of carbonyl (C=O) groups is 1. The molecule has 0 saturated carbocycles. The summed E-state index contributed by atoms with van der Waals surface area (Å²) < 4.78 is 58.7. The van der Waals surface area contributed by atoms with Crippen LogP contribution in [-0.2, 0) is 20.2 Å². The van der Waals surface area contributed by atoms with Gasteiger partial charge in [-0.05, 0) is 41.3 Å². The third-order valence-corrected chi connectivity index (χ3v) is 7.21. The minimum absolute atomic E-state index is 0.0447. The largest absolute Gasteiger partial charge is 0.417 e. The van der Waals surface area contributed by atoms with E-state index < -0.39 is 38.4 Å². The van der Waals surface area contributed by atoms with Crippen molar-refractivity contribution in [1.82, 2.24) is 4.31 Å². The Hall–Kier alpha value is -2.56. The molecule has 0 radical (unpaired) electrons. The van der Waals surface area contributed by atoms with Gasteiger partial charge in [0.15, 0.2) is 0 Å². The Morgan fingerprint density at radius 1 is 1.09 bits per heavy atom. The lowest BCUT2D eigenvalue weighted by Gasteiger charge is -2.36. The zero-order valence-corrected chi connectivity index (χ0v) is 18.9. The summed E-state index contributed by atoms with van der Waals surface area (Å²) in [5.41, 5.74) is 1.52. The second-order valence-corrected chi connectivity index (χ2v) is 10.7.